The van der Waals surface area contributed by atoms with Gasteiger partial charge in [0.1, 0.15) is 6.10 Å². The first kappa shape index (κ1) is 12.8. The van der Waals surface area contributed by atoms with Crippen LogP contribution in [-0.4, -0.2) is 28.7 Å². The summed E-state index contributed by atoms with van der Waals surface area (Å²) in [6.07, 6.45) is -1.98. The Bertz CT molecular complexity index is 343. The molecule has 0 radical (unpaired) electrons. The van der Waals surface area contributed by atoms with E-state index in [2.05, 4.69) is 0 Å². The molecule has 88 valence electrons. The summed E-state index contributed by atoms with van der Waals surface area (Å²) in [5, 5.41) is 18.6. The van der Waals surface area contributed by atoms with Crippen molar-refractivity contribution in [2.75, 3.05) is 6.61 Å². The minimum absolute atomic E-state index is 0.336. The Hall–Kier alpha value is -1.23. The lowest BCUT2D eigenvalue weighted by Gasteiger charge is -2.11. The molecule has 0 aliphatic rings. The molecule has 0 aliphatic heterocycles. The van der Waals surface area contributed by atoms with Gasteiger partial charge in [-0.2, -0.15) is 0 Å². The number of aliphatic hydroxyl groups is 2. The number of hydrogen-bond donors (Lipinski definition) is 2. The zero-order valence-corrected chi connectivity index (χ0v) is 9.38. The predicted molar refractivity (Wildman–Crippen MR) is 59.0 cm³/mol. The van der Waals surface area contributed by atoms with Crippen molar-refractivity contribution in [2.24, 2.45) is 0 Å². The average molecular weight is 224 g/mol. The SMILES string of the molecule is CCOC(O)c1ccc(C(=O)C(C)O)cc1. The standard InChI is InChI=1S/C12H16O4/c1-3-16-12(15)10-6-4-9(5-7-10)11(14)8(2)13/h4-8,12-13,15H,3H2,1-2H3. The molecule has 0 bridgehead atoms. The fourth-order valence-electron chi connectivity index (χ4n) is 1.31. The third-order valence-electron chi connectivity index (χ3n) is 2.18. The summed E-state index contributed by atoms with van der Waals surface area (Å²) in [5.41, 5.74) is 1.01. The highest BCUT2D eigenvalue weighted by molar-refractivity contribution is 5.99. The summed E-state index contributed by atoms with van der Waals surface area (Å²) in [7, 11) is 0. The highest BCUT2D eigenvalue weighted by Crippen LogP contribution is 2.15. The topological polar surface area (TPSA) is 66.8 Å². The van der Waals surface area contributed by atoms with Crippen molar-refractivity contribution in [1.29, 1.82) is 0 Å². The first-order valence-electron chi connectivity index (χ1n) is 5.18. The second-order valence-electron chi connectivity index (χ2n) is 3.47. The maximum absolute atomic E-state index is 11.4. The zero-order chi connectivity index (χ0) is 12.1. The van der Waals surface area contributed by atoms with Crippen LogP contribution in [0.15, 0.2) is 24.3 Å². The highest BCUT2D eigenvalue weighted by atomic mass is 16.6. The Morgan fingerprint density at radius 1 is 1.31 bits per heavy atom. The fourth-order valence-corrected chi connectivity index (χ4v) is 1.31. The van der Waals surface area contributed by atoms with Gasteiger partial charge in [0.05, 0.1) is 0 Å². The van der Waals surface area contributed by atoms with Gasteiger partial charge in [-0.3, -0.25) is 4.79 Å². The molecule has 0 saturated carbocycles. The van der Waals surface area contributed by atoms with Gasteiger partial charge in [0.25, 0.3) is 0 Å². The van der Waals surface area contributed by atoms with Crippen LogP contribution in [0.4, 0.5) is 0 Å². The van der Waals surface area contributed by atoms with Gasteiger partial charge in [-0.05, 0) is 13.8 Å². The van der Waals surface area contributed by atoms with Crippen LogP contribution in [0, 0.1) is 0 Å². The summed E-state index contributed by atoms with van der Waals surface area (Å²) in [6.45, 7) is 3.62. The Morgan fingerprint density at radius 3 is 2.31 bits per heavy atom. The monoisotopic (exact) mass is 224 g/mol. The molecule has 0 saturated heterocycles. The minimum atomic E-state index is -1.01. The van der Waals surface area contributed by atoms with Crippen molar-refractivity contribution >= 4 is 5.78 Å². The van der Waals surface area contributed by atoms with E-state index in [4.69, 9.17) is 9.84 Å². The van der Waals surface area contributed by atoms with E-state index in [1.165, 1.54) is 6.92 Å². The van der Waals surface area contributed by atoms with E-state index < -0.39 is 12.4 Å². The lowest BCUT2D eigenvalue weighted by atomic mass is 10.1. The van der Waals surface area contributed by atoms with E-state index in [1.807, 2.05) is 0 Å². The smallest absolute Gasteiger partial charge is 0.190 e. The lowest BCUT2D eigenvalue weighted by molar-refractivity contribution is -0.0979. The molecule has 1 aromatic carbocycles. The van der Waals surface area contributed by atoms with Crippen molar-refractivity contribution < 1.29 is 19.7 Å². The molecular weight excluding hydrogens is 208 g/mol. The first-order valence-corrected chi connectivity index (χ1v) is 5.18. The van der Waals surface area contributed by atoms with Crippen molar-refractivity contribution in [1.82, 2.24) is 0 Å². The summed E-state index contributed by atoms with van der Waals surface area (Å²) in [4.78, 5) is 11.4. The number of ketones is 1. The largest absolute Gasteiger partial charge is 0.385 e. The molecule has 1 aromatic rings. The van der Waals surface area contributed by atoms with Gasteiger partial charge >= 0.3 is 0 Å². The van der Waals surface area contributed by atoms with Crippen LogP contribution in [-0.2, 0) is 4.74 Å². The molecule has 0 fully saturated rings. The van der Waals surface area contributed by atoms with Crippen LogP contribution in [0.5, 0.6) is 0 Å². The van der Waals surface area contributed by atoms with Crippen molar-refractivity contribution in [3.05, 3.63) is 35.4 Å². The van der Waals surface area contributed by atoms with E-state index in [9.17, 15) is 9.90 Å². The van der Waals surface area contributed by atoms with Crippen LogP contribution in [0.3, 0.4) is 0 Å². The Balaban J connectivity index is 2.79. The van der Waals surface area contributed by atoms with E-state index in [1.54, 1.807) is 31.2 Å². The molecule has 2 atom stereocenters. The Kier molecular flexibility index (Phi) is 4.61. The molecule has 0 heterocycles. The van der Waals surface area contributed by atoms with Crippen molar-refractivity contribution in [2.45, 2.75) is 26.2 Å². The van der Waals surface area contributed by atoms with Crippen LogP contribution >= 0.6 is 0 Å². The second-order valence-corrected chi connectivity index (χ2v) is 3.47. The van der Waals surface area contributed by atoms with Gasteiger partial charge in [0, 0.05) is 17.7 Å². The fraction of sp³-hybridized carbons (Fsp3) is 0.417. The maximum atomic E-state index is 11.4. The molecule has 0 amide bonds. The van der Waals surface area contributed by atoms with Gasteiger partial charge < -0.3 is 14.9 Å². The third kappa shape index (κ3) is 3.13. The average Bonchev–Trinajstić information content (AvgIpc) is 2.28. The molecular formula is C12H16O4. The molecule has 4 nitrogen and oxygen atoms in total. The number of carbonyl (C=O) groups is 1. The van der Waals surface area contributed by atoms with Gasteiger partial charge in [0.2, 0.25) is 0 Å². The van der Waals surface area contributed by atoms with Gasteiger partial charge in [-0.15, -0.1) is 0 Å². The maximum Gasteiger partial charge on any atom is 0.190 e. The molecule has 0 aliphatic carbocycles. The zero-order valence-electron chi connectivity index (χ0n) is 9.38. The summed E-state index contributed by atoms with van der Waals surface area (Å²) < 4.78 is 5.00. The third-order valence-corrected chi connectivity index (χ3v) is 2.18. The number of aliphatic hydroxyl groups excluding tert-OH is 2. The molecule has 2 N–H and O–H groups in total. The Labute approximate surface area is 94.5 Å². The Morgan fingerprint density at radius 2 is 1.88 bits per heavy atom. The van der Waals surface area contributed by atoms with Crippen LogP contribution in [0.25, 0.3) is 0 Å². The van der Waals surface area contributed by atoms with Crippen molar-refractivity contribution in [3.63, 3.8) is 0 Å². The molecule has 16 heavy (non-hydrogen) atoms. The lowest BCUT2D eigenvalue weighted by Crippen LogP contribution is -2.16. The van der Waals surface area contributed by atoms with Crippen LogP contribution in [0.1, 0.15) is 36.1 Å². The molecule has 4 heteroatoms. The second kappa shape index (κ2) is 5.75. The number of benzene rings is 1. The molecule has 0 aromatic heterocycles. The first-order chi connectivity index (χ1) is 7.56. The number of carbonyl (C=O) groups excluding carboxylic acids is 1. The summed E-state index contributed by atoms with van der Waals surface area (Å²) >= 11 is 0. The van der Waals surface area contributed by atoms with E-state index in [0.717, 1.165) is 0 Å². The van der Waals surface area contributed by atoms with Crippen molar-refractivity contribution in [3.8, 4) is 0 Å². The van der Waals surface area contributed by atoms with E-state index in [0.29, 0.717) is 17.7 Å². The van der Waals surface area contributed by atoms with Gasteiger partial charge in [-0.1, -0.05) is 24.3 Å². The number of hydrogen-bond acceptors (Lipinski definition) is 4. The van der Waals surface area contributed by atoms with Crippen LogP contribution in [0.2, 0.25) is 0 Å². The number of ether oxygens (including phenoxy) is 1. The number of Topliss-reactive ketones (excluding diaryl/α,β-unsaturated/α-hetero) is 1. The molecule has 0 spiro atoms. The predicted octanol–water partition coefficient (Wildman–Crippen LogP) is 1.28. The minimum Gasteiger partial charge on any atom is -0.385 e. The quantitative estimate of drug-likeness (QED) is 0.584. The number of rotatable bonds is 5. The highest BCUT2D eigenvalue weighted by Gasteiger charge is 2.13. The van der Waals surface area contributed by atoms with Gasteiger partial charge in [-0.25, -0.2) is 0 Å². The van der Waals surface area contributed by atoms with Gasteiger partial charge in [0.15, 0.2) is 12.1 Å². The van der Waals surface area contributed by atoms with E-state index >= 15 is 0 Å². The normalized spacial score (nSPS) is 14.5. The van der Waals surface area contributed by atoms with Crippen LogP contribution < -0.4 is 0 Å². The summed E-state index contributed by atoms with van der Waals surface area (Å²) in [6, 6.07) is 6.34. The molecule has 2 unspecified atom stereocenters. The molecule has 1 rings (SSSR count). The summed E-state index contributed by atoms with van der Waals surface area (Å²) in [5.74, 6) is -0.336. The van der Waals surface area contributed by atoms with E-state index in [-0.39, 0.29) is 5.78 Å².